The summed E-state index contributed by atoms with van der Waals surface area (Å²) in [4.78, 5) is 12.5. The Morgan fingerprint density at radius 1 is 1.22 bits per heavy atom. The van der Waals surface area contributed by atoms with Crippen molar-refractivity contribution in [2.45, 2.75) is 26.8 Å². The number of amides is 1. The Bertz CT molecular complexity index is 921. The molecular formula is C21H25N3O2S. The predicted molar refractivity (Wildman–Crippen MR) is 113 cm³/mol. The molecule has 1 atom stereocenters. The molecule has 2 aromatic rings. The van der Waals surface area contributed by atoms with E-state index in [0.717, 1.165) is 27.8 Å². The lowest BCUT2D eigenvalue weighted by molar-refractivity contribution is -0.117. The molecule has 6 heteroatoms. The Morgan fingerprint density at radius 3 is 2.59 bits per heavy atom. The third-order valence-electron chi connectivity index (χ3n) is 4.54. The number of likely N-dealkylation sites (N-methyl/N-ethyl adjacent to an activating group) is 1. The Balaban J connectivity index is 2.13. The van der Waals surface area contributed by atoms with Crippen molar-refractivity contribution in [2.24, 2.45) is 5.92 Å². The fraction of sp³-hybridized carbons (Fsp3) is 0.333. The van der Waals surface area contributed by atoms with Crippen LogP contribution < -0.4 is 20.7 Å². The van der Waals surface area contributed by atoms with Crippen molar-refractivity contribution in [2.75, 3.05) is 13.7 Å². The third kappa shape index (κ3) is 3.90. The van der Waals surface area contributed by atoms with Crippen molar-refractivity contribution in [3.8, 4) is 5.75 Å². The summed E-state index contributed by atoms with van der Waals surface area (Å²) < 4.78 is 6.01. The summed E-state index contributed by atoms with van der Waals surface area (Å²) in [7, 11) is 1.63. The molecule has 0 aliphatic carbocycles. The monoisotopic (exact) mass is 383 g/mol. The van der Waals surface area contributed by atoms with Crippen molar-refractivity contribution in [3.63, 3.8) is 0 Å². The van der Waals surface area contributed by atoms with Crippen molar-refractivity contribution >= 4 is 34.0 Å². The zero-order chi connectivity index (χ0) is 19.6. The molecule has 1 aliphatic heterocycles. The van der Waals surface area contributed by atoms with E-state index in [2.05, 4.69) is 35.9 Å². The second-order valence-electron chi connectivity index (χ2n) is 7.05. The van der Waals surface area contributed by atoms with Crippen LogP contribution in [0.2, 0.25) is 0 Å². The molecule has 142 valence electrons. The lowest BCUT2D eigenvalue weighted by Gasteiger charge is -2.31. The lowest BCUT2D eigenvalue weighted by Crippen LogP contribution is -2.46. The fourth-order valence-corrected chi connectivity index (χ4v) is 3.56. The van der Waals surface area contributed by atoms with E-state index in [1.165, 1.54) is 0 Å². The van der Waals surface area contributed by atoms with Crippen LogP contribution in [0, 0.1) is 5.92 Å². The fourth-order valence-electron chi connectivity index (χ4n) is 3.29. The van der Waals surface area contributed by atoms with Crippen LogP contribution in [0.5, 0.6) is 5.75 Å². The number of allylic oxidation sites excluding steroid dienone is 1. The molecule has 1 amide bonds. The molecule has 0 spiro atoms. The summed E-state index contributed by atoms with van der Waals surface area (Å²) in [6.45, 7) is 6.77. The second-order valence-corrected chi connectivity index (χ2v) is 7.46. The van der Waals surface area contributed by atoms with Crippen LogP contribution in [0.3, 0.4) is 0 Å². The summed E-state index contributed by atoms with van der Waals surface area (Å²) in [5.41, 5.74) is 2.38. The largest absolute Gasteiger partial charge is 0.493 e. The van der Waals surface area contributed by atoms with Gasteiger partial charge in [-0.3, -0.25) is 4.79 Å². The Kier molecular flexibility index (Phi) is 5.65. The maximum Gasteiger partial charge on any atom is 0.251 e. The summed E-state index contributed by atoms with van der Waals surface area (Å²) in [6.07, 6.45) is 0. The number of fused-ring (bicyclic) bond motifs is 1. The van der Waals surface area contributed by atoms with E-state index in [0.29, 0.717) is 23.2 Å². The molecule has 0 fully saturated rings. The third-order valence-corrected chi connectivity index (χ3v) is 4.76. The van der Waals surface area contributed by atoms with Gasteiger partial charge in [0.25, 0.3) is 5.91 Å². The molecule has 0 aromatic heterocycles. The van der Waals surface area contributed by atoms with E-state index in [-0.39, 0.29) is 11.9 Å². The molecule has 1 aliphatic rings. The highest BCUT2D eigenvalue weighted by Gasteiger charge is 2.30. The maximum absolute atomic E-state index is 12.5. The molecule has 0 radical (unpaired) electrons. The zero-order valence-corrected chi connectivity index (χ0v) is 16.9. The first-order valence-electron chi connectivity index (χ1n) is 9.07. The molecular weight excluding hydrogens is 358 g/mol. The molecule has 27 heavy (non-hydrogen) atoms. The number of ether oxygens (including phenoxy) is 1. The molecule has 0 saturated heterocycles. The van der Waals surface area contributed by atoms with Gasteiger partial charge in [-0.05, 0) is 42.1 Å². The zero-order valence-electron chi connectivity index (χ0n) is 16.1. The van der Waals surface area contributed by atoms with Crippen molar-refractivity contribution < 1.29 is 9.53 Å². The Hall–Kier alpha value is -2.60. The van der Waals surface area contributed by atoms with Crippen LogP contribution in [0.15, 0.2) is 47.7 Å². The van der Waals surface area contributed by atoms with E-state index in [4.69, 9.17) is 17.0 Å². The van der Waals surface area contributed by atoms with E-state index in [9.17, 15) is 4.79 Å². The number of nitrogens with one attached hydrogen (secondary N) is 3. The van der Waals surface area contributed by atoms with E-state index >= 15 is 0 Å². The van der Waals surface area contributed by atoms with E-state index in [1.807, 2.05) is 37.3 Å². The molecule has 0 bridgehead atoms. The van der Waals surface area contributed by atoms with E-state index < -0.39 is 0 Å². The average Bonchev–Trinajstić information content (AvgIpc) is 2.64. The van der Waals surface area contributed by atoms with Gasteiger partial charge in [-0.2, -0.15) is 0 Å². The number of benzene rings is 2. The van der Waals surface area contributed by atoms with Gasteiger partial charge in [0, 0.05) is 18.1 Å². The molecule has 0 saturated carbocycles. The summed E-state index contributed by atoms with van der Waals surface area (Å²) >= 11 is 5.34. The smallest absolute Gasteiger partial charge is 0.251 e. The minimum Gasteiger partial charge on any atom is -0.493 e. The van der Waals surface area contributed by atoms with Gasteiger partial charge >= 0.3 is 0 Å². The highest BCUT2D eigenvalue weighted by Crippen LogP contribution is 2.36. The van der Waals surface area contributed by atoms with Crippen LogP contribution in [0.4, 0.5) is 0 Å². The van der Waals surface area contributed by atoms with Crippen LogP contribution >= 0.6 is 12.2 Å². The van der Waals surface area contributed by atoms with Gasteiger partial charge in [0.2, 0.25) is 0 Å². The molecule has 3 N–H and O–H groups in total. The summed E-state index contributed by atoms with van der Waals surface area (Å²) in [5.74, 6) is 1.16. The first-order chi connectivity index (χ1) is 12.9. The highest BCUT2D eigenvalue weighted by molar-refractivity contribution is 7.80. The Morgan fingerprint density at radius 2 is 1.93 bits per heavy atom. The number of thiocarbonyl (C=S) groups is 1. The van der Waals surface area contributed by atoms with Gasteiger partial charge < -0.3 is 20.7 Å². The molecule has 3 rings (SSSR count). The van der Waals surface area contributed by atoms with Crippen LogP contribution in [-0.2, 0) is 4.79 Å². The Labute approximate surface area is 165 Å². The van der Waals surface area contributed by atoms with E-state index in [1.54, 1.807) is 7.05 Å². The van der Waals surface area contributed by atoms with Crippen molar-refractivity contribution in [1.29, 1.82) is 0 Å². The summed E-state index contributed by atoms with van der Waals surface area (Å²) in [5, 5.41) is 11.6. The van der Waals surface area contributed by atoms with Gasteiger partial charge in [-0.15, -0.1) is 0 Å². The number of carbonyl (C=O) groups excluding carboxylic acids is 1. The number of carbonyl (C=O) groups is 1. The van der Waals surface area contributed by atoms with Crippen molar-refractivity contribution in [1.82, 2.24) is 16.0 Å². The standard InChI is InChI=1S/C21H25N3O2S/c1-12(2)11-26-17-10-9-16(14-7-5-6-8-15(14)17)19-18(20(25)22-4)13(3)23-21(27)24-19/h5-10,12,19H,11H2,1-4H3,(H,22,25)(H2,23,24,27). The van der Waals surface area contributed by atoms with Gasteiger partial charge in [0.05, 0.1) is 18.2 Å². The van der Waals surface area contributed by atoms with Gasteiger partial charge in [-0.1, -0.05) is 44.2 Å². The molecule has 2 aromatic carbocycles. The normalized spacial score (nSPS) is 16.9. The van der Waals surface area contributed by atoms with Crippen LogP contribution in [0.25, 0.3) is 10.8 Å². The summed E-state index contributed by atoms with van der Waals surface area (Å²) in [6, 6.07) is 11.7. The SMILES string of the molecule is CNC(=O)C1=C(C)NC(=S)NC1c1ccc(OCC(C)C)c2ccccc12. The minimum absolute atomic E-state index is 0.135. The van der Waals surface area contributed by atoms with Crippen LogP contribution in [0.1, 0.15) is 32.4 Å². The molecule has 1 unspecified atom stereocenters. The number of hydrogen-bond acceptors (Lipinski definition) is 3. The molecule has 1 heterocycles. The maximum atomic E-state index is 12.5. The molecule has 5 nitrogen and oxygen atoms in total. The number of hydrogen-bond donors (Lipinski definition) is 3. The minimum atomic E-state index is -0.331. The highest BCUT2D eigenvalue weighted by atomic mass is 32.1. The topological polar surface area (TPSA) is 62.4 Å². The lowest BCUT2D eigenvalue weighted by atomic mass is 9.91. The number of rotatable bonds is 5. The average molecular weight is 384 g/mol. The first kappa shape index (κ1) is 19.2. The van der Waals surface area contributed by atoms with Gasteiger partial charge in [-0.25, -0.2) is 0 Å². The second kappa shape index (κ2) is 7.96. The van der Waals surface area contributed by atoms with Crippen LogP contribution in [-0.4, -0.2) is 24.7 Å². The van der Waals surface area contributed by atoms with Gasteiger partial charge in [0.1, 0.15) is 5.75 Å². The first-order valence-corrected chi connectivity index (χ1v) is 9.48. The quantitative estimate of drug-likeness (QED) is 0.691. The predicted octanol–water partition coefficient (Wildman–Crippen LogP) is 3.41. The van der Waals surface area contributed by atoms with Gasteiger partial charge in [0.15, 0.2) is 5.11 Å². The van der Waals surface area contributed by atoms with Crippen molar-refractivity contribution in [3.05, 3.63) is 53.2 Å².